The van der Waals surface area contributed by atoms with Crippen LogP contribution in [-0.2, 0) is 19.3 Å². The van der Waals surface area contributed by atoms with E-state index in [-0.39, 0.29) is 22.7 Å². The molecule has 0 aliphatic heterocycles. The third kappa shape index (κ3) is 4.19. The van der Waals surface area contributed by atoms with Crippen LogP contribution in [0.25, 0.3) is 10.9 Å². The van der Waals surface area contributed by atoms with Crippen LogP contribution in [0.1, 0.15) is 38.2 Å². The van der Waals surface area contributed by atoms with Crippen LogP contribution in [0.2, 0.25) is 0 Å². The number of fused-ring (bicyclic) bond motifs is 1. The van der Waals surface area contributed by atoms with Crippen molar-refractivity contribution in [2.75, 3.05) is 12.9 Å². The molecule has 136 valence electrons. The van der Waals surface area contributed by atoms with Gasteiger partial charge in [-0.1, -0.05) is 6.07 Å². The highest BCUT2D eigenvalue weighted by atomic mass is 32.2. The lowest BCUT2D eigenvalue weighted by molar-refractivity contribution is 0.0454. The Balaban J connectivity index is 2.73. The zero-order chi connectivity index (χ0) is 19.0. The molecule has 0 unspecified atom stereocenters. The number of benzene rings is 1. The van der Waals surface area contributed by atoms with Crippen molar-refractivity contribution >= 4 is 32.8 Å². The first-order chi connectivity index (χ1) is 11.4. The van der Waals surface area contributed by atoms with Crippen LogP contribution in [0, 0.1) is 0 Å². The second kappa shape index (κ2) is 6.51. The molecule has 1 heterocycles. The van der Waals surface area contributed by atoms with E-state index in [9.17, 15) is 18.0 Å². The van der Waals surface area contributed by atoms with Gasteiger partial charge in [0.15, 0.2) is 9.84 Å². The summed E-state index contributed by atoms with van der Waals surface area (Å²) in [4.78, 5) is 24.9. The molecule has 0 saturated carbocycles. The minimum absolute atomic E-state index is 0.0169. The highest BCUT2D eigenvalue weighted by Crippen LogP contribution is 2.25. The molecule has 0 N–H and O–H groups in total. The summed E-state index contributed by atoms with van der Waals surface area (Å²) in [5.74, 6) is -0.689. The fourth-order valence-electron chi connectivity index (χ4n) is 2.27. The van der Waals surface area contributed by atoms with Gasteiger partial charge in [0, 0.05) is 11.6 Å². The first-order valence-corrected chi connectivity index (χ1v) is 9.59. The monoisotopic (exact) mass is 367 g/mol. The molecule has 0 aliphatic rings. The van der Waals surface area contributed by atoms with Gasteiger partial charge < -0.3 is 9.47 Å². The molecule has 7 nitrogen and oxygen atoms in total. The quantitative estimate of drug-likeness (QED) is 0.775. The van der Waals surface area contributed by atoms with Gasteiger partial charge in [-0.2, -0.15) is 0 Å². The van der Waals surface area contributed by atoms with Crippen LogP contribution < -0.4 is 0 Å². The number of nitrogens with zero attached hydrogens (tertiary/aromatic N) is 1. The largest absolute Gasteiger partial charge is 0.461 e. The summed E-state index contributed by atoms with van der Waals surface area (Å²) in [6.45, 7) is 6.89. The topological polar surface area (TPSA) is 91.7 Å². The van der Waals surface area contributed by atoms with E-state index in [1.54, 1.807) is 27.7 Å². The maximum atomic E-state index is 12.6. The first kappa shape index (κ1) is 19.0. The van der Waals surface area contributed by atoms with Crippen LogP contribution in [0.5, 0.6) is 0 Å². The van der Waals surface area contributed by atoms with Crippen molar-refractivity contribution in [3.63, 3.8) is 0 Å². The Hall–Kier alpha value is -2.35. The van der Waals surface area contributed by atoms with Gasteiger partial charge in [0.1, 0.15) is 11.3 Å². The van der Waals surface area contributed by atoms with Gasteiger partial charge >= 0.3 is 12.1 Å². The number of esters is 1. The number of rotatable bonds is 3. The molecule has 1 aromatic heterocycles. The van der Waals surface area contributed by atoms with Crippen LogP contribution in [0.15, 0.2) is 29.2 Å². The molecule has 0 fully saturated rings. The van der Waals surface area contributed by atoms with Crippen LogP contribution in [0.4, 0.5) is 4.79 Å². The molecule has 0 bridgehead atoms. The lowest BCUT2D eigenvalue weighted by Gasteiger charge is -2.20. The summed E-state index contributed by atoms with van der Waals surface area (Å²) in [5.41, 5.74) is -0.536. The van der Waals surface area contributed by atoms with Gasteiger partial charge in [-0.15, -0.1) is 0 Å². The Morgan fingerprint density at radius 2 is 1.80 bits per heavy atom. The van der Waals surface area contributed by atoms with E-state index in [1.165, 1.54) is 24.3 Å². The highest BCUT2D eigenvalue weighted by Gasteiger charge is 2.26. The molecule has 8 heteroatoms. The molecule has 0 radical (unpaired) electrons. The summed E-state index contributed by atoms with van der Waals surface area (Å²) in [5, 5.41) is 0.529. The van der Waals surface area contributed by atoms with Crippen LogP contribution in [0.3, 0.4) is 0 Å². The number of aromatic nitrogens is 1. The molecule has 0 saturated heterocycles. The summed E-state index contributed by atoms with van der Waals surface area (Å²) in [6.07, 6.45) is 0.289. The maximum Gasteiger partial charge on any atom is 0.419 e. The van der Waals surface area contributed by atoms with Crippen molar-refractivity contribution < 1.29 is 27.5 Å². The summed E-state index contributed by atoms with van der Waals surface area (Å²) in [7, 11) is -3.47. The van der Waals surface area contributed by atoms with Crippen LogP contribution in [-0.4, -0.2) is 43.5 Å². The second-order valence-electron chi connectivity index (χ2n) is 6.56. The molecule has 0 atom stereocenters. The summed E-state index contributed by atoms with van der Waals surface area (Å²) >= 11 is 0. The molecule has 25 heavy (non-hydrogen) atoms. The Labute approximate surface area is 146 Å². The molecule has 2 aromatic rings. The Morgan fingerprint density at radius 1 is 1.16 bits per heavy atom. The average molecular weight is 367 g/mol. The number of carbonyl (C=O) groups excluding carboxylic acids is 2. The molecule has 0 aliphatic carbocycles. The van der Waals surface area contributed by atoms with Crippen molar-refractivity contribution in [2.45, 2.75) is 38.2 Å². The van der Waals surface area contributed by atoms with E-state index >= 15 is 0 Å². The van der Waals surface area contributed by atoms with E-state index in [4.69, 9.17) is 9.47 Å². The van der Waals surface area contributed by atoms with E-state index in [0.717, 1.165) is 10.8 Å². The van der Waals surface area contributed by atoms with Gasteiger partial charge in [0.05, 0.1) is 17.0 Å². The van der Waals surface area contributed by atoms with Crippen molar-refractivity contribution in [1.29, 1.82) is 0 Å². The van der Waals surface area contributed by atoms with Gasteiger partial charge in [-0.25, -0.2) is 22.6 Å². The lowest BCUT2D eigenvalue weighted by Crippen LogP contribution is -2.29. The SMILES string of the molecule is CCOC(=O)c1cc2ccc(S(C)(=O)=O)cc2n1C(=O)OC(C)(C)C. The fraction of sp³-hybridized carbons (Fsp3) is 0.412. The number of sulfone groups is 1. The zero-order valence-corrected chi connectivity index (χ0v) is 15.6. The molecular formula is C17H21NO6S. The Kier molecular flexibility index (Phi) is 4.94. The number of hydrogen-bond donors (Lipinski definition) is 0. The smallest absolute Gasteiger partial charge is 0.419 e. The normalized spacial score (nSPS) is 12.2. The molecular weight excluding hydrogens is 346 g/mol. The van der Waals surface area contributed by atoms with Gasteiger partial charge in [0.2, 0.25) is 0 Å². The van der Waals surface area contributed by atoms with E-state index in [2.05, 4.69) is 0 Å². The van der Waals surface area contributed by atoms with E-state index in [0.29, 0.717) is 5.39 Å². The molecule has 0 amide bonds. The highest BCUT2D eigenvalue weighted by molar-refractivity contribution is 7.90. The summed E-state index contributed by atoms with van der Waals surface area (Å²) < 4.78 is 35.0. The maximum absolute atomic E-state index is 12.6. The number of carbonyl (C=O) groups is 2. The Bertz CT molecular complexity index is 934. The predicted octanol–water partition coefficient (Wildman–Crippen LogP) is 3.00. The van der Waals surface area contributed by atoms with Crippen molar-refractivity contribution in [2.24, 2.45) is 0 Å². The fourth-order valence-corrected chi connectivity index (χ4v) is 2.91. The predicted molar refractivity (Wildman–Crippen MR) is 92.6 cm³/mol. The third-order valence-corrected chi connectivity index (χ3v) is 4.37. The molecule has 1 aromatic carbocycles. The minimum Gasteiger partial charge on any atom is -0.461 e. The standard InChI is InChI=1S/C17H21NO6S/c1-6-23-15(19)14-9-11-7-8-12(25(5,21)22)10-13(11)18(14)16(20)24-17(2,3)4/h7-10H,6H2,1-5H3. The number of hydrogen-bond acceptors (Lipinski definition) is 6. The third-order valence-electron chi connectivity index (χ3n) is 3.26. The number of ether oxygens (including phenoxy) is 2. The summed E-state index contributed by atoms with van der Waals surface area (Å²) in [6, 6.07) is 5.78. The van der Waals surface area contributed by atoms with Crippen molar-refractivity contribution in [3.8, 4) is 0 Å². The average Bonchev–Trinajstić information content (AvgIpc) is 2.83. The minimum atomic E-state index is -3.47. The van der Waals surface area contributed by atoms with Gasteiger partial charge in [0.25, 0.3) is 0 Å². The zero-order valence-electron chi connectivity index (χ0n) is 14.8. The van der Waals surface area contributed by atoms with Gasteiger partial charge in [-0.3, -0.25) is 0 Å². The van der Waals surface area contributed by atoms with Gasteiger partial charge in [-0.05, 0) is 45.9 Å². The lowest BCUT2D eigenvalue weighted by atomic mass is 10.2. The Morgan fingerprint density at radius 3 is 2.32 bits per heavy atom. The van der Waals surface area contributed by atoms with Crippen LogP contribution >= 0.6 is 0 Å². The van der Waals surface area contributed by atoms with Crippen molar-refractivity contribution in [3.05, 3.63) is 30.0 Å². The second-order valence-corrected chi connectivity index (χ2v) is 8.57. The molecule has 2 rings (SSSR count). The van der Waals surface area contributed by atoms with E-state index < -0.39 is 27.5 Å². The van der Waals surface area contributed by atoms with E-state index in [1.807, 2.05) is 0 Å². The first-order valence-electron chi connectivity index (χ1n) is 7.70. The molecule has 0 spiro atoms. The van der Waals surface area contributed by atoms with Crippen molar-refractivity contribution in [1.82, 2.24) is 4.57 Å².